The molecule has 1 aromatic rings. The molecule has 0 N–H and O–H groups in total. The molecule has 5 nitrogen and oxygen atoms in total. The van der Waals surface area contributed by atoms with Crippen LogP contribution in [0.4, 0.5) is 0 Å². The van der Waals surface area contributed by atoms with Crippen LogP contribution in [0, 0.1) is 0 Å². The lowest BCUT2D eigenvalue weighted by atomic mass is 10.2. The molecule has 1 aliphatic heterocycles. The normalized spacial score (nSPS) is 19.4. The Morgan fingerprint density at radius 2 is 2.05 bits per heavy atom. The van der Waals surface area contributed by atoms with Gasteiger partial charge in [0.2, 0.25) is 0 Å². The molecule has 2 atom stereocenters. The fraction of sp³-hybridized carbons (Fsp3) is 0.533. The van der Waals surface area contributed by atoms with Crippen molar-refractivity contribution in [2.45, 2.75) is 32.0 Å². The van der Waals surface area contributed by atoms with Crippen LogP contribution in [-0.4, -0.2) is 38.5 Å². The van der Waals surface area contributed by atoms with Crippen LogP contribution in [-0.2, 0) is 14.3 Å². The summed E-state index contributed by atoms with van der Waals surface area (Å²) in [5.41, 5.74) is 0. The van der Waals surface area contributed by atoms with Crippen LogP contribution in [0.25, 0.3) is 0 Å². The number of esters is 1. The van der Waals surface area contributed by atoms with E-state index in [1.807, 2.05) is 0 Å². The second kappa shape index (κ2) is 7.14. The molecule has 0 radical (unpaired) electrons. The van der Waals surface area contributed by atoms with Gasteiger partial charge in [-0.1, -0.05) is 0 Å². The minimum Gasteiger partial charge on any atom is -0.497 e. The second-order valence-electron chi connectivity index (χ2n) is 4.70. The number of methoxy groups -OCH3 is 1. The molecule has 0 amide bonds. The molecule has 20 heavy (non-hydrogen) atoms. The van der Waals surface area contributed by atoms with Gasteiger partial charge in [0.05, 0.1) is 13.2 Å². The summed E-state index contributed by atoms with van der Waals surface area (Å²) in [5, 5.41) is 0. The van der Waals surface area contributed by atoms with Gasteiger partial charge >= 0.3 is 5.97 Å². The molecular formula is C15H20O5. The van der Waals surface area contributed by atoms with Crippen LogP contribution in [0.1, 0.15) is 19.8 Å². The standard InChI is InChI=1S/C15H20O5/c1-11(15(16)19-10-14-4-3-9-18-14)20-13-7-5-12(17-2)6-8-13/h5-8,11,14H,3-4,9-10H2,1-2H3. The smallest absolute Gasteiger partial charge is 0.347 e. The fourth-order valence-electron chi connectivity index (χ4n) is 1.97. The van der Waals surface area contributed by atoms with Gasteiger partial charge in [0.15, 0.2) is 6.10 Å². The van der Waals surface area contributed by atoms with Gasteiger partial charge in [-0.3, -0.25) is 0 Å². The molecule has 0 aliphatic carbocycles. The monoisotopic (exact) mass is 280 g/mol. The van der Waals surface area contributed by atoms with E-state index >= 15 is 0 Å². The van der Waals surface area contributed by atoms with E-state index in [1.165, 1.54) is 0 Å². The Morgan fingerprint density at radius 1 is 1.35 bits per heavy atom. The van der Waals surface area contributed by atoms with Crippen molar-refractivity contribution in [3.8, 4) is 11.5 Å². The third-order valence-electron chi connectivity index (χ3n) is 3.14. The highest BCUT2D eigenvalue weighted by molar-refractivity contribution is 5.74. The number of hydrogen-bond donors (Lipinski definition) is 0. The van der Waals surface area contributed by atoms with E-state index in [0.717, 1.165) is 25.2 Å². The van der Waals surface area contributed by atoms with Gasteiger partial charge < -0.3 is 18.9 Å². The lowest BCUT2D eigenvalue weighted by Gasteiger charge is -2.16. The number of rotatable bonds is 6. The quantitative estimate of drug-likeness (QED) is 0.748. The highest BCUT2D eigenvalue weighted by Gasteiger charge is 2.21. The van der Waals surface area contributed by atoms with Crippen molar-refractivity contribution >= 4 is 5.97 Å². The van der Waals surface area contributed by atoms with Crippen LogP contribution in [0.5, 0.6) is 11.5 Å². The largest absolute Gasteiger partial charge is 0.497 e. The zero-order chi connectivity index (χ0) is 14.4. The molecule has 1 saturated heterocycles. The Bertz CT molecular complexity index is 422. The van der Waals surface area contributed by atoms with Gasteiger partial charge in [-0.2, -0.15) is 0 Å². The zero-order valence-electron chi connectivity index (χ0n) is 11.8. The maximum absolute atomic E-state index is 11.8. The van der Waals surface area contributed by atoms with Crippen LogP contribution >= 0.6 is 0 Å². The summed E-state index contributed by atoms with van der Waals surface area (Å²) >= 11 is 0. The third-order valence-corrected chi connectivity index (χ3v) is 3.14. The highest BCUT2D eigenvalue weighted by Crippen LogP contribution is 2.18. The lowest BCUT2D eigenvalue weighted by Crippen LogP contribution is -2.29. The van der Waals surface area contributed by atoms with E-state index in [0.29, 0.717) is 12.4 Å². The van der Waals surface area contributed by atoms with E-state index in [4.69, 9.17) is 18.9 Å². The molecular weight excluding hydrogens is 260 g/mol. The molecule has 0 bridgehead atoms. The van der Waals surface area contributed by atoms with E-state index < -0.39 is 6.10 Å². The predicted octanol–water partition coefficient (Wildman–Crippen LogP) is 2.18. The average molecular weight is 280 g/mol. The highest BCUT2D eigenvalue weighted by atomic mass is 16.6. The third kappa shape index (κ3) is 4.13. The fourth-order valence-corrected chi connectivity index (χ4v) is 1.97. The Kier molecular flexibility index (Phi) is 5.24. The molecule has 2 rings (SSSR count). The van der Waals surface area contributed by atoms with E-state index in [2.05, 4.69) is 0 Å². The van der Waals surface area contributed by atoms with E-state index in [9.17, 15) is 4.79 Å². The SMILES string of the molecule is COc1ccc(OC(C)C(=O)OCC2CCCO2)cc1. The van der Waals surface area contributed by atoms with Gasteiger partial charge in [-0.05, 0) is 44.0 Å². The number of carbonyl (C=O) groups is 1. The van der Waals surface area contributed by atoms with Crippen LogP contribution in [0.2, 0.25) is 0 Å². The Labute approximate surface area is 118 Å². The molecule has 1 fully saturated rings. The van der Waals surface area contributed by atoms with Gasteiger partial charge in [0, 0.05) is 6.61 Å². The first-order valence-electron chi connectivity index (χ1n) is 6.78. The summed E-state index contributed by atoms with van der Waals surface area (Å²) in [7, 11) is 1.60. The lowest BCUT2D eigenvalue weighted by molar-refractivity contribution is -0.154. The minimum atomic E-state index is -0.648. The number of carbonyl (C=O) groups excluding carboxylic acids is 1. The maximum Gasteiger partial charge on any atom is 0.347 e. The van der Waals surface area contributed by atoms with Crippen molar-refractivity contribution in [2.24, 2.45) is 0 Å². The summed E-state index contributed by atoms with van der Waals surface area (Å²) in [6.07, 6.45) is 1.36. The van der Waals surface area contributed by atoms with Gasteiger partial charge in [-0.25, -0.2) is 4.79 Å². The zero-order valence-corrected chi connectivity index (χ0v) is 11.8. The predicted molar refractivity (Wildman–Crippen MR) is 73.0 cm³/mol. The van der Waals surface area contributed by atoms with Gasteiger partial charge in [0.1, 0.15) is 18.1 Å². The van der Waals surface area contributed by atoms with Crippen LogP contribution < -0.4 is 9.47 Å². The topological polar surface area (TPSA) is 54.0 Å². The molecule has 1 aromatic carbocycles. The molecule has 110 valence electrons. The van der Waals surface area contributed by atoms with Crippen molar-refractivity contribution in [2.75, 3.05) is 20.3 Å². The minimum absolute atomic E-state index is 0.0344. The number of ether oxygens (including phenoxy) is 4. The molecule has 1 aliphatic rings. The summed E-state index contributed by atoms with van der Waals surface area (Å²) < 4.78 is 21.2. The summed E-state index contributed by atoms with van der Waals surface area (Å²) in [5.74, 6) is 0.967. The first-order valence-corrected chi connectivity index (χ1v) is 6.78. The molecule has 1 heterocycles. The molecule has 2 unspecified atom stereocenters. The summed E-state index contributed by atoms with van der Waals surface area (Å²) in [6.45, 7) is 2.72. The summed E-state index contributed by atoms with van der Waals surface area (Å²) in [4.78, 5) is 11.8. The molecule has 5 heteroatoms. The molecule has 0 aromatic heterocycles. The number of benzene rings is 1. The summed E-state index contributed by atoms with van der Waals surface area (Å²) in [6, 6.07) is 7.06. The number of hydrogen-bond acceptors (Lipinski definition) is 5. The van der Waals surface area contributed by atoms with Crippen LogP contribution in [0.3, 0.4) is 0 Å². The van der Waals surface area contributed by atoms with E-state index in [-0.39, 0.29) is 12.1 Å². The van der Waals surface area contributed by atoms with Gasteiger partial charge in [-0.15, -0.1) is 0 Å². The molecule has 0 spiro atoms. The van der Waals surface area contributed by atoms with Crippen molar-refractivity contribution in [3.63, 3.8) is 0 Å². The van der Waals surface area contributed by atoms with Crippen LogP contribution in [0.15, 0.2) is 24.3 Å². The maximum atomic E-state index is 11.8. The van der Waals surface area contributed by atoms with Crippen molar-refractivity contribution in [1.82, 2.24) is 0 Å². The average Bonchev–Trinajstić information content (AvgIpc) is 2.98. The first-order chi connectivity index (χ1) is 9.69. The van der Waals surface area contributed by atoms with Gasteiger partial charge in [0.25, 0.3) is 0 Å². The van der Waals surface area contributed by atoms with Crippen molar-refractivity contribution < 1.29 is 23.7 Å². The van der Waals surface area contributed by atoms with E-state index in [1.54, 1.807) is 38.3 Å². The van der Waals surface area contributed by atoms with Crippen molar-refractivity contribution in [1.29, 1.82) is 0 Å². The Hall–Kier alpha value is -1.75. The Balaban J connectivity index is 1.77. The van der Waals surface area contributed by atoms with Crippen molar-refractivity contribution in [3.05, 3.63) is 24.3 Å². The second-order valence-corrected chi connectivity index (χ2v) is 4.70. The first kappa shape index (κ1) is 14.7. The Morgan fingerprint density at radius 3 is 2.65 bits per heavy atom. The molecule has 0 saturated carbocycles.